The normalized spacial score (nSPS) is 8.69. The van der Waals surface area contributed by atoms with Crippen LogP contribution in [0.5, 0.6) is 0 Å². The van der Waals surface area contributed by atoms with E-state index in [0.29, 0.717) is 6.29 Å². The summed E-state index contributed by atoms with van der Waals surface area (Å²) in [5.41, 5.74) is 0.0661. The van der Waals surface area contributed by atoms with Crippen LogP contribution in [-0.2, 0) is 0 Å². The summed E-state index contributed by atoms with van der Waals surface area (Å²) in [7, 11) is 0. The Bertz CT molecular complexity index is 277. The number of rotatable bonds is 1. The Balaban J connectivity index is 0.000000671. The molecular weight excluding hydrogens is 176 g/mol. The SMILES string of the molecule is CC.Cc1cc(F)nc(F)c1C=O. The second-order valence-corrected chi connectivity index (χ2v) is 2.08. The first-order valence-corrected chi connectivity index (χ1v) is 3.93. The molecule has 0 N–H and O–H groups in total. The van der Waals surface area contributed by atoms with Crippen LogP contribution in [-0.4, -0.2) is 11.3 Å². The Kier molecular flexibility index (Phi) is 4.80. The average Bonchev–Trinajstić information content (AvgIpc) is 2.07. The van der Waals surface area contributed by atoms with Crippen molar-refractivity contribution in [2.24, 2.45) is 0 Å². The number of carbonyl (C=O) groups is 1. The van der Waals surface area contributed by atoms with Crippen molar-refractivity contribution in [2.45, 2.75) is 20.8 Å². The largest absolute Gasteiger partial charge is 0.298 e. The minimum atomic E-state index is -1.06. The van der Waals surface area contributed by atoms with Crippen molar-refractivity contribution in [1.82, 2.24) is 4.98 Å². The van der Waals surface area contributed by atoms with Gasteiger partial charge in [0.25, 0.3) is 0 Å². The molecule has 0 amide bonds. The number of aryl methyl sites for hydroxylation is 1. The van der Waals surface area contributed by atoms with E-state index in [0.717, 1.165) is 6.07 Å². The number of hydrogen-bond acceptors (Lipinski definition) is 2. The Morgan fingerprint density at radius 1 is 1.38 bits per heavy atom. The van der Waals surface area contributed by atoms with E-state index in [1.165, 1.54) is 6.92 Å². The highest BCUT2D eigenvalue weighted by Crippen LogP contribution is 2.08. The third-order valence-corrected chi connectivity index (χ3v) is 1.31. The lowest BCUT2D eigenvalue weighted by Crippen LogP contribution is -1.98. The topological polar surface area (TPSA) is 30.0 Å². The summed E-state index contributed by atoms with van der Waals surface area (Å²) < 4.78 is 24.8. The zero-order chi connectivity index (χ0) is 10.4. The Morgan fingerprint density at radius 3 is 2.31 bits per heavy atom. The molecule has 0 bridgehead atoms. The number of carbonyl (C=O) groups excluding carboxylic acids is 1. The van der Waals surface area contributed by atoms with Crippen LogP contribution >= 0.6 is 0 Å². The van der Waals surface area contributed by atoms with Crippen LogP contribution in [0.2, 0.25) is 0 Å². The summed E-state index contributed by atoms with van der Waals surface area (Å²) in [5, 5.41) is 0. The molecule has 0 radical (unpaired) electrons. The van der Waals surface area contributed by atoms with Crippen LogP contribution in [0.25, 0.3) is 0 Å². The Labute approximate surface area is 75.6 Å². The minimum Gasteiger partial charge on any atom is -0.298 e. The van der Waals surface area contributed by atoms with Gasteiger partial charge in [-0.3, -0.25) is 4.79 Å². The van der Waals surface area contributed by atoms with E-state index < -0.39 is 11.9 Å². The molecule has 4 heteroatoms. The molecule has 2 nitrogen and oxygen atoms in total. The fourth-order valence-electron chi connectivity index (χ4n) is 0.747. The third kappa shape index (κ3) is 2.89. The van der Waals surface area contributed by atoms with Gasteiger partial charge in [0.05, 0.1) is 5.56 Å². The molecule has 0 atom stereocenters. The number of pyridine rings is 1. The molecular formula is C9H11F2NO. The predicted molar refractivity (Wildman–Crippen MR) is 45.6 cm³/mol. The molecule has 0 aliphatic heterocycles. The molecule has 1 heterocycles. The molecule has 0 saturated heterocycles. The van der Waals surface area contributed by atoms with Gasteiger partial charge in [-0.15, -0.1) is 0 Å². The second kappa shape index (κ2) is 5.35. The fourth-order valence-corrected chi connectivity index (χ4v) is 0.747. The van der Waals surface area contributed by atoms with Crippen molar-refractivity contribution in [2.75, 3.05) is 0 Å². The summed E-state index contributed by atoms with van der Waals surface area (Å²) in [6, 6.07) is 1.01. The summed E-state index contributed by atoms with van der Waals surface area (Å²) in [6.45, 7) is 5.44. The van der Waals surface area contributed by atoms with E-state index in [1.807, 2.05) is 13.8 Å². The number of hydrogen-bond donors (Lipinski definition) is 0. The molecule has 0 saturated carbocycles. The highest BCUT2D eigenvalue weighted by molar-refractivity contribution is 5.76. The number of nitrogens with zero attached hydrogens (tertiary/aromatic N) is 1. The van der Waals surface area contributed by atoms with Gasteiger partial charge < -0.3 is 0 Å². The van der Waals surface area contributed by atoms with E-state index >= 15 is 0 Å². The van der Waals surface area contributed by atoms with Crippen LogP contribution in [0.4, 0.5) is 8.78 Å². The Morgan fingerprint density at radius 2 is 1.92 bits per heavy atom. The fraction of sp³-hybridized carbons (Fsp3) is 0.333. The Hall–Kier alpha value is -1.32. The van der Waals surface area contributed by atoms with Crippen molar-refractivity contribution in [3.05, 3.63) is 29.1 Å². The maximum Gasteiger partial charge on any atom is 0.226 e. The van der Waals surface area contributed by atoms with Crippen LogP contribution in [0, 0.1) is 18.8 Å². The first kappa shape index (κ1) is 11.7. The zero-order valence-corrected chi connectivity index (χ0v) is 7.77. The van der Waals surface area contributed by atoms with Crippen LogP contribution in [0.1, 0.15) is 29.8 Å². The van der Waals surface area contributed by atoms with Crippen LogP contribution in [0.15, 0.2) is 6.07 Å². The van der Waals surface area contributed by atoms with Gasteiger partial charge in [0.2, 0.25) is 11.9 Å². The summed E-state index contributed by atoms with van der Waals surface area (Å²) in [6.07, 6.45) is 0.317. The van der Waals surface area contributed by atoms with Gasteiger partial charge in [-0.1, -0.05) is 13.8 Å². The molecule has 0 aliphatic rings. The van der Waals surface area contributed by atoms with E-state index in [4.69, 9.17) is 0 Å². The third-order valence-electron chi connectivity index (χ3n) is 1.31. The maximum atomic E-state index is 12.5. The quantitative estimate of drug-likeness (QED) is 0.499. The molecule has 0 spiro atoms. The number of aldehydes is 1. The first-order chi connectivity index (χ1) is 6.15. The maximum absolute atomic E-state index is 12.5. The monoisotopic (exact) mass is 187 g/mol. The summed E-state index contributed by atoms with van der Waals surface area (Å²) in [4.78, 5) is 13.0. The van der Waals surface area contributed by atoms with E-state index in [1.54, 1.807) is 0 Å². The van der Waals surface area contributed by atoms with Crippen LogP contribution in [0.3, 0.4) is 0 Å². The van der Waals surface area contributed by atoms with E-state index in [9.17, 15) is 13.6 Å². The molecule has 1 aromatic heterocycles. The van der Waals surface area contributed by atoms with Crippen LogP contribution < -0.4 is 0 Å². The van der Waals surface area contributed by atoms with E-state index in [-0.39, 0.29) is 11.1 Å². The molecule has 0 aliphatic carbocycles. The predicted octanol–water partition coefficient (Wildman–Crippen LogP) is 2.51. The molecule has 72 valence electrons. The zero-order valence-electron chi connectivity index (χ0n) is 7.77. The first-order valence-electron chi connectivity index (χ1n) is 3.93. The molecule has 1 rings (SSSR count). The lowest BCUT2D eigenvalue weighted by molar-refractivity contribution is 0.111. The molecule has 0 fully saturated rings. The summed E-state index contributed by atoms with van der Waals surface area (Å²) in [5.74, 6) is -1.97. The van der Waals surface area contributed by atoms with Crippen molar-refractivity contribution in [3.63, 3.8) is 0 Å². The van der Waals surface area contributed by atoms with Gasteiger partial charge in [-0.05, 0) is 18.6 Å². The molecule has 0 unspecified atom stereocenters. The molecule has 0 aromatic carbocycles. The standard InChI is InChI=1S/C7H5F2NO.C2H6/c1-4-2-6(8)10-7(9)5(4)3-11;1-2/h2-3H,1H3;1-2H3. The van der Waals surface area contributed by atoms with Crippen molar-refractivity contribution < 1.29 is 13.6 Å². The molecule has 13 heavy (non-hydrogen) atoms. The van der Waals surface area contributed by atoms with Crippen molar-refractivity contribution in [1.29, 1.82) is 0 Å². The van der Waals surface area contributed by atoms with E-state index in [2.05, 4.69) is 4.98 Å². The van der Waals surface area contributed by atoms with Gasteiger partial charge in [-0.25, -0.2) is 0 Å². The number of aromatic nitrogens is 1. The minimum absolute atomic E-state index is 0.189. The highest BCUT2D eigenvalue weighted by atomic mass is 19.1. The van der Waals surface area contributed by atoms with Gasteiger partial charge in [-0.2, -0.15) is 13.8 Å². The lowest BCUT2D eigenvalue weighted by Gasteiger charge is -1.97. The van der Waals surface area contributed by atoms with Gasteiger partial charge >= 0.3 is 0 Å². The second-order valence-electron chi connectivity index (χ2n) is 2.08. The van der Waals surface area contributed by atoms with Gasteiger partial charge in [0.15, 0.2) is 6.29 Å². The van der Waals surface area contributed by atoms with Crippen molar-refractivity contribution >= 4 is 6.29 Å². The molecule has 1 aromatic rings. The lowest BCUT2D eigenvalue weighted by atomic mass is 10.2. The summed E-state index contributed by atoms with van der Waals surface area (Å²) >= 11 is 0. The average molecular weight is 187 g/mol. The van der Waals surface area contributed by atoms with Gasteiger partial charge in [0.1, 0.15) is 0 Å². The smallest absolute Gasteiger partial charge is 0.226 e. The van der Waals surface area contributed by atoms with Gasteiger partial charge in [0, 0.05) is 0 Å². The number of halogens is 2. The highest BCUT2D eigenvalue weighted by Gasteiger charge is 2.07. The van der Waals surface area contributed by atoms with Crippen molar-refractivity contribution in [3.8, 4) is 0 Å².